The van der Waals surface area contributed by atoms with E-state index in [-0.39, 0.29) is 0 Å². The summed E-state index contributed by atoms with van der Waals surface area (Å²) in [4.78, 5) is 4.19. The van der Waals surface area contributed by atoms with Crippen LogP contribution in [0.4, 0.5) is 5.82 Å². The van der Waals surface area contributed by atoms with E-state index in [9.17, 15) is 0 Å². The maximum Gasteiger partial charge on any atom is 0.144 e. The Morgan fingerprint density at radius 1 is 1.67 bits per heavy atom. The van der Waals surface area contributed by atoms with Crippen LogP contribution in [-0.2, 0) is 4.74 Å². The van der Waals surface area contributed by atoms with Gasteiger partial charge in [-0.1, -0.05) is 11.6 Å². The molecule has 1 fully saturated rings. The predicted octanol–water partition coefficient (Wildman–Crippen LogP) is 3.09. The Hall–Kier alpha value is -0.320. The molecular formula is C10H12BrClN2O. The number of rotatable bonds is 3. The molecule has 1 N–H and O–H groups in total. The number of pyridine rings is 1. The van der Waals surface area contributed by atoms with Gasteiger partial charge in [0.2, 0.25) is 0 Å². The van der Waals surface area contributed by atoms with Crippen LogP contribution in [0.25, 0.3) is 0 Å². The molecule has 3 nitrogen and oxygen atoms in total. The van der Waals surface area contributed by atoms with E-state index in [0.29, 0.717) is 11.1 Å². The molecule has 2 heterocycles. The minimum atomic E-state index is 0.298. The molecule has 1 unspecified atom stereocenters. The third-order valence-electron chi connectivity index (χ3n) is 2.33. The van der Waals surface area contributed by atoms with E-state index in [2.05, 4.69) is 26.2 Å². The SMILES string of the molecule is Clc1cc(Br)cnc1NCC1CCCO1. The fourth-order valence-corrected chi connectivity index (χ4v) is 2.26. The zero-order valence-electron chi connectivity index (χ0n) is 8.17. The first-order chi connectivity index (χ1) is 7.25. The van der Waals surface area contributed by atoms with Crippen molar-refractivity contribution in [2.75, 3.05) is 18.5 Å². The number of hydrogen-bond acceptors (Lipinski definition) is 3. The average Bonchev–Trinajstić information content (AvgIpc) is 2.69. The van der Waals surface area contributed by atoms with Crippen molar-refractivity contribution >= 4 is 33.3 Å². The van der Waals surface area contributed by atoms with Gasteiger partial charge in [0.05, 0.1) is 11.1 Å². The Labute approximate surface area is 102 Å². The summed E-state index contributed by atoms with van der Waals surface area (Å²) in [6.07, 6.45) is 4.28. The molecule has 1 aromatic rings. The Morgan fingerprint density at radius 2 is 2.53 bits per heavy atom. The Morgan fingerprint density at radius 3 is 3.20 bits per heavy atom. The number of nitrogens with one attached hydrogen (secondary N) is 1. The minimum Gasteiger partial charge on any atom is -0.376 e. The second kappa shape index (κ2) is 5.14. The highest BCUT2D eigenvalue weighted by molar-refractivity contribution is 9.10. The summed E-state index contributed by atoms with van der Waals surface area (Å²) in [6, 6.07) is 1.83. The van der Waals surface area contributed by atoms with Crippen LogP contribution < -0.4 is 5.32 Å². The highest BCUT2D eigenvalue weighted by Gasteiger charge is 2.15. The van der Waals surface area contributed by atoms with Crippen LogP contribution in [0, 0.1) is 0 Å². The van der Waals surface area contributed by atoms with Gasteiger partial charge in [-0.05, 0) is 34.8 Å². The van der Waals surface area contributed by atoms with Gasteiger partial charge in [0.25, 0.3) is 0 Å². The molecule has 1 aliphatic rings. The van der Waals surface area contributed by atoms with Crippen LogP contribution in [0.3, 0.4) is 0 Å². The molecular weight excluding hydrogens is 279 g/mol. The van der Waals surface area contributed by atoms with Gasteiger partial charge in [0, 0.05) is 23.8 Å². The fraction of sp³-hybridized carbons (Fsp3) is 0.500. The molecule has 5 heteroatoms. The molecule has 82 valence electrons. The van der Waals surface area contributed by atoms with Crippen LogP contribution in [0.5, 0.6) is 0 Å². The zero-order chi connectivity index (χ0) is 10.7. The molecule has 0 saturated carbocycles. The summed E-state index contributed by atoms with van der Waals surface area (Å²) in [5.41, 5.74) is 0. The predicted molar refractivity (Wildman–Crippen MR) is 64.4 cm³/mol. The molecule has 0 radical (unpaired) electrons. The lowest BCUT2D eigenvalue weighted by atomic mass is 10.2. The van der Waals surface area contributed by atoms with Gasteiger partial charge in [-0.25, -0.2) is 4.98 Å². The first kappa shape index (κ1) is 11.2. The number of anilines is 1. The molecule has 15 heavy (non-hydrogen) atoms. The summed E-state index contributed by atoms with van der Waals surface area (Å²) in [5, 5.41) is 3.82. The Bertz CT molecular complexity index is 342. The van der Waals surface area contributed by atoms with Crippen LogP contribution in [-0.4, -0.2) is 24.2 Å². The summed E-state index contributed by atoms with van der Waals surface area (Å²) in [5.74, 6) is 0.718. The fourth-order valence-electron chi connectivity index (χ4n) is 1.56. The van der Waals surface area contributed by atoms with Gasteiger partial charge in [-0.3, -0.25) is 0 Å². The van der Waals surface area contributed by atoms with Crippen molar-refractivity contribution in [3.8, 4) is 0 Å². The molecule has 0 bridgehead atoms. The molecule has 1 aromatic heterocycles. The normalized spacial score (nSPS) is 20.5. The lowest BCUT2D eigenvalue weighted by Gasteiger charge is -2.12. The van der Waals surface area contributed by atoms with E-state index >= 15 is 0 Å². The van der Waals surface area contributed by atoms with Gasteiger partial charge in [0.15, 0.2) is 0 Å². The second-order valence-electron chi connectivity index (χ2n) is 3.50. The van der Waals surface area contributed by atoms with E-state index in [1.54, 1.807) is 6.20 Å². The van der Waals surface area contributed by atoms with Crippen LogP contribution in [0.1, 0.15) is 12.8 Å². The van der Waals surface area contributed by atoms with Gasteiger partial charge >= 0.3 is 0 Å². The first-order valence-electron chi connectivity index (χ1n) is 4.92. The van der Waals surface area contributed by atoms with Crippen LogP contribution in [0.15, 0.2) is 16.7 Å². The van der Waals surface area contributed by atoms with E-state index < -0.39 is 0 Å². The van der Waals surface area contributed by atoms with Gasteiger partial charge < -0.3 is 10.1 Å². The maximum atomic E-state index is 6.02. The van der Waals surface area contributed by atoms with Gasteiger partial charge in [-0.15, -0.1) is 0 Å². The van der Waals surface area contributed by atoms with E-state index in [4.69, 9.17) is 16.3 Å². The molecule has 1 aliphatic heterocycles. The van der Waals surface area contributed by atoms with Crippen molar-refractivity contribution in [3.05, 3.63) is 21.8 Å². The van der Waals surface area contributed by atoms with Crippen molar-refractivity contribution in [1.82, 2.24) is 4.98 Å². The number of nitrogens with zero attached hydrogens (tertiary/aromatic N) is 1. The number of aromatic nitrogens is 1. The molecule has 0 amide bonds. The lowest BCUT2D eigenvalue weighted by molar-refractivity contribution is 0.120. The van der Waals surface area contributed by atoms with E-state index in [1.807, 2.05) is 6.07 Å². The average molecular weight is 292 g/mol. The van der Waals surface area contributed by atoms with Crippen LogP contribution >= 0.6 is 27.5 Å². The summed E-state index contributed by atoms with van der Waals surface area (Å²) in [6.45, 7) is 1.64. The molecule has 0 spiro atoms. The molecule has 0 aromatic carbocycles. The van der Waals surface area contributed by atoms with Gasteiger partial charge in [-0.2, -0.15) is 0 Å². The molecule has 1 atom stereocenters. The smallest absolute Gasteiger partial charge is 0.144 e. The highest BCUT2D eigenvalue weighted by Crippen LogP contribution is 2.23. The number of ether oxygens (including phenoxy) is 1. The minimum absolute atomic E-state index is 0.298. The molecule has 2 rings (SSSR count). The zero-order valence-corrected chi connectivity index (χ0v) is 10.5. The second-order valence-corrected chi connectivity index (χ2v) is 4.82. The number of hydrogen-bond donors (Lipinski definition) is 1. The summed E-state index contributed by atoms with van der Waals surface area (Å²) >= 11 is 9.33. The van der Waals surface area contributed by atoms with Crippen molar-refractivity contribution in [3.63, 3.8) is 0 Å². The Kier molecular flexibility index (Phi) is 3.83. The topological polar surface area (TPSA) is 34.2 Å². The van der Waals surface area contributed by atoms with Crippen molar-refractivity contribution in [1.29, 1.82) is 0 Å². The lowest BCUT2D eigenvalue weighted by Crippen LogP contribution is -2.19. The van der Waals surface area contributed by atoms with Crippen molar-refractivity contribution < 1.29 is 4.74 Å². The molecule has 1 saturated heterocycles. The molecule has 0 aliphatic carbocycles. The van der Waals surface area contributed by atoms with Crippen molar-refractivity contribution in [2.24, 2.45) is 0 Å². The standard InChI is InChI=1S/C10H12BrClN2O/c11-7-4-9(12)10(13-5-7)14-6-8-2-1-3-15-8/h4-5,8H,1-3,6H2,(H,13,14). The summed E-state index contributed by atoms with van der Waals surface area (Å²) in [7, 11) is 0. The van der Waals surface area contributed by atoms with E-state index in [0.717, 1.165) is 36.3 Å². The monoisotopic (exact) mass is 290 g/mol. The third kappa shape index (κ3) is 3.06. The third-order valence-corrected chi connectivity index (χ3v) is 3.05. The quantitative estimate of drug-likeness (QED) is 0.929. The maximum absolute atomic E-state index is 6.02. The Balaban J connectivity index is 1.92. The van der Waals surface area contributed by atoms with Crippen molar-refractivity contribution in [2.45, 2.75) is 18.9 Å². The first-order valence-corrected chi connectivity index (χ1v) is 6.09. The van der Waals surface area contributed by atoms with Gasteiger partial charge in [0.1, 0.15) is 5.82 Å². The van der Waals surface area contributed by atoms with E-state index in [1.165, 1.54) is 0 Å². The largest absolute Gasteiger partial charge is 0.376 e. The number of halogens is 2. The van der Waals surface area contributed by atoms with Crippen LogP contribution in [0.2, 0.25) is 5.02 Å². The highest BCUT2D eigenvalue weighted by atomic mass is 79.9. The summed E-state index contributed by atoms with van der Waals surface area (Å²) < 4.78 is 6.38.